The van der Waals surface area contributed by atoms with Gasteiger partial charge >= 0.3 is 0 Å². The molecule has 0 aliphatic heterocycles. The van der Waals surface area contributed by atoms with Gasteiger partial charge in [-0.3, -0.25) is 4.79 Å². The largest absolute Gasteiger partial charge is 0.381 e. The molecule has 2 unspecified atom stereocenters. The monoisotopic (exact) mass is 328 g/mol. The lowest BCUT2D eigenvalue weighted by Crippen LogP contribution is -2.57. The quantitative estimate of drug-likeness (QED) is 0.691. The fourth-order valence-corrected chi connectivity index (χ4v) is 8.77. The van der Waals surface area contributed by atoms with E-state index in [1.54, 1.807) is 0 Å². The zero-order chi connectivity index (χ0) is 16.9. The van der Waals surface area contributed by atoms with Gasteiger partial charge in [0.15, 0.2) is 0 Å². The summed E-state index contributed by atoms with van der Waals surface area (Å²) < 4.78 is 6.10. The summed E-state index contributed by atoms with van der Waals surface area (Å²) in [6, 6.07) is 0. The Morgan fingerprint density at radius 2 is 2.04 bits per heavy atom. The van der Waals surface area contributed by atoms with Crippen LogP contribution < -0.4 is 0 Å². The van der Waals surface area contributed by atoms with Crippen molar-refractivity contribution in [2.75, 3.05) is 7.11 Å². The Balaban J connectivity index is 1.58. The minimum absolute atomic E-state index is 0.153. The molecule has 132 valence electrons. The molecule has 0 heterocycles. The van der Waals surface area contributed by atoms with Gasteiger partial charge in [0.1, 0.15) is 5.78 Å². The highest BCUT2D eigenvalue weighted by Gasteiger charge is 2.77. The molecular weight excluding hydrogens is 296 g/mol. The Hall–Kier alpha value is -0.630. The third-order valence-corrected chi connectivity index (χ3v) is 9.94. The molecule has 0 saturated heterocycles. The molecule has 5 aliphatic rings. The number of fused-ring (bicyclic) bond motifs is 4. The first-order chi connectivity index (χ1) is 11.4. The molecule has 9 atom stereocenters. The van der Waals surface area contributed by atoms with Gasteiger partial charge in [-0.25, -0.2) is 0 Å². The molecule has 1 spiro atoms. The maximum absolute atomic E-state index is 13.0. The fraction of sp³-hybridized carbons (Fsp3) is 0.864. The number of Topliss-reactive ketones (excluding diaryl/α,β-unsaturated/α-hetero) is 1. The zero-order valence-corrected chi connectivity index (χ0v) is 15.5. The van der Waals surface area contributed by atoms with Crippen LogP contribution in [0.2, 0.25) is 0 Å². The molecule has 2 heteroatoms. The standard InChI is InChI=1S/C22H32O2/c1-5-13-10-17(23)19-15-11-18(24-4)22-12-14(22)6-9-21(22,3)16(15)7-8-20(13,19)2/h5,13-16,18-19H,1,6-12H2,2-4H3/t13-,14?,15-,16+,18-,19-,20-,21-,22?/m1/s1. The first-order valence-corrected chi connectivity index (χ1v) is 10.1. The number of ether oxygens (including phenoxy) is 1. The van der Waals surface area contributed by atoms with E-state index in [1.165, 1.54) is 32.1 Å². The molecular formula is C22H32O2. The van der Waals surface area contributed by atoms with Gasteiger partial charge in [-0.15, -0.1) is 6.58 Å². The van der Waals surface area contributed by atoms with Crippen molar-refractivity contribution >= 4 is 5.78 Å². The lowest BCUT2D eigenvalue weighted by atomic mass is 9.45. The molecule has 5 fully saturated rings. The molecule has 5 saturated carbocycles. The number of allylic oxidation sites excluding steroid dienone is 1. The molecule has 24 heavy (non-hydrogen) atoms. The highest BCUT2D eigenvalue weighted by molar-refractivity contribution is 5.85. The highest BCUT2D eigenvalue weighted by atomic mass is 16.5. The molecule has 0 amide bonds. The third kappa shape index (κ3) is 1.48. The van der Waals surface area contributed by atoms with Gasteiger partial charge in [0.2, 0.25) is 0 Å². The Labute approximate surface area is 146 Å². The normalized spacial score (nSPS) is 60.9. The van der Waals surface area contributed by atoms with Crippen LogP contribution in [-0.4, -0.2) is 19.0 Å². The molecule has 0 aromatic carbocycles. The van der Waals surface area contributed by atoms with E-state index in [1.807, 2.05) is 7.11 Å². The maximum atomic E-state index is 13.0. The summed E-state index contributed by atoms with van der Waals surface area (Å²) in [7, 11) is 1.92. The predicted octanol–water partition coefficient (Wildman–Crippen LogP) is 4.64. The van der Waals surface area contributed by atoms with Crippen molar-refractivity contribution in [1.82, 2.24) is 0 Å². The maximum Gasteiger partial charge on any atom is 0.137 e. The highest BCUT2D eigenvalue weighted by Crippen LogP contribution is 2.81. The van der Waals surface area contributed by atoms with Crippen LogP contribution in [0.25, 0.3) is 0 Å². The average Bonchev–Trinajstić information content (AvgIpc) is 3.13. The van der Waals surface area contributed by atoms with Crippen molar-refractivity contribution in [2.45, 2.75) is 64.9 Å². The van der Waals surface area contributed by atoms with Crippen LogP contribution in [0.1, 0.15) is 58.8 Å². The number of carbonyl (C=O) groups is 1. The van der Waals surface area contributed by atoms with E-state index >= 15 is 0 Å². The van der Waals surface area contributed by atoms with Crippen LogP contribution in [0, 0.1) is 45.8 Å². The zero-order valence-electron chi connectivity index (χ0n) is 15.5. The molecule has 5 aliphatic carbocycles. The van der Waals surface area contributed by atoms with Crippen LogP contribution >= 0.6 is 0 Å². The van der Waals surface area contributed by atoms with E-state index in [4.69, 9.17) is 4.74 Å². The second kappa shape index (κ2) is 4.55. The summed E-state index contributed by atoms with van der Waals surface area (Å²) in [5, 5.41) is 0. The second-order valence-corrected chi connectivity index (χ2v) is 10.2. The molecule has 0 bridgehead atoms. The summed E-state index contributed by atoms with van der Waals surface area (Å²) in [4.78, 5) is 13.0. The number of ketones is 1. The van der Waals surface area contributed by atoms with E-state index in [2.05, 4.69) is 26.5 Å². The Morgan fingerprint density at radius 3 is 2.71 bits per heavy atom. The summed E-state index contributed by atoms with van der Waals surface area (Å²) in [6.07, 6.45) is 11.0. The molecule has 2 nitrogen and oxygen atoms in total. The first kappa shape index (κ1) is 15.6. The number of hydrogen-bond acceptors (Lipinski definition) is 2. The van der Waals surface area contributed by atoms with Crippen molar-refractivity contribution in [3.05, 3.63) is 12.7 Å². The summed E-state index contributed by atoms with van der Waals surface area (Å²) >= 11 is 0. The van der Waals surface area contributed by atoms with Crippen molar-refractivity contribution in [1.29, 1.82) is 0 Å². The van der Waals surface area contributed by atoms with Crippen LogP contribution in [-0.2, 0) is 9.53 Å². The summed E-state index contributed by atoms with van der Waals surface area (Å²) in [6.45, 7) is 9.00. The van der Waals surface area contributed by atoms with Crippen molar-refractivity contribution in [3.63, 3.8) is 0 Å². The number of rotatable bonds is 2. The van der Waals surface area contributed by atoms with Gasteiger partial charge in [0.05, 0.1) is 6.10 Å². The van der Waals surface area contributed by atoms with Crippen LogP contribution in [0.4, 0.5) is 0 Å². The van der Waals surface area contributed by atoms with Gasteiger partial charge in [-0.05, 0) is 73.0 Å². The smallest absolute Gasteiger partial charge is 0.137 e. The lowest BCUT2D eigenvalue weighted by molar-refractivity contribution is -0.163. The molecule has 0 aromatic rings. The predicted molar refractivity (Wildman–Crippen MR) is 94.4 cm³/mol. The van der Waals surface area contributed by atoms with E-state index < -0.39 is 0 Å². The van der Waals surface area contributed by atoms with Crippen molar-refractivity contribution in [2.24, 2.45) is 45.8 Å². The van der Waals surface area contributed by atoms with Gasteiger partial charge in [-0.2, -0.15) is 0 Å². The second-order valence-electron chi connectivity index (χ2n) is 10.2. The Kier molecular flexibility index (Phi) is 2.96. The topological polar surface area (TPSA) is 26.3 Å². The number of carbonyl (C=O) groups excluding carboxylic acids is 1. The molecule has 0 N–H and O–H groups in total. The lowest BCUT2D eigenvalue weighted by Gasteiger charge is -2.60. The van der Waals surface area contributed by atoms with E-state index in [0.717, 1.165) is 24.7 Å². The molecule has 5 rings (SSSR count). The van der Waals surface area contributed by atoms with Crippen LogP contribution in [0.3, 0.4) is 0 Å². The average molecular weight is 328 g/mol. The van der Waals surface area contributed by atoms with Gasteiger partial charge < -0.3 is 4.74 Å². The van der Waals surface area contributed by atoms with Crippen LogP contribution in [0.15, 0.2) is 12.7 Å². The van der Waals surface area contributed by atoms with E-state index in [-0.39, 0.29) is 11.3 Å². The fourth-order valence-electron chi connectivity index (χ4n) is 8.77. The van der Waals surface area contributed by atoms with Crippen molar-refractivity contribution in [3.8, 4) is 0 Å². The summed E-state index contributed by atoms with van der Waals surface area (Å²) in [5.41, 5.74) is 1.02. The SMILES string of the molecule is C=C[C@@H]1CC(=O)[C@H]2[C@@H]3C[C@@H](OC)C45CC4CC[C@]5(C)[C@H]3CC[C@]12C. The summed E-state index contributed by atoms with van der Waals surface area (Å²) in [5.74, 6) is 3.35. The molecule has 0 aromatic heterocycles. The number of hydrogen-bond donors (Lipinski definition) is 0. The molecule has 0 radical (unpaired) electrons. The van der Waals surface area contributed by atoms with Crippen molar-refractivity contribution < 1.29 is 9.53 Å². The Bertz CT molecular complexity index is 611. The van der Waals surface area contributed by atoms with E-state index in [0.29, 0.717) is 34.6 Å². The first-order valence-electron chi connectivity index (χ1n) is 10.1. The van der Waals surface area contributed by atoms with Gasteiger partial charge in [0.25, 0.3) is 0 Å². The number of methoxy groups -OCH3 is 1. The van der Waals surface area contributed by atoms with Gasteiger partial charge in [0, 0.05) is 24.9 Å². The third-order valence-electron chi connectivity index (χ3n) is 9.94. The Morgan fingerprint density at radius 1 is 1.25 bits per heavy atom. The minimum Gasteiger partial charge on any atom is -0.381 e. The van der Waals surface area contributed by atoms with Gasteiger partial charge in [-0.1, -0.05) is 19.9 Å². The minimum atomic E-state index is 0.153. The van der Waals surface area contributed by atoms with E-state index in [9.17, 15) is 4.79 Å². The van der Waals surface area contributed by atoms with Crippen LogP contribution in [0.5, 0.6) is 0 Å².